The van der Waals surface area contributed by atoms with Crippen LogP contribution in [0, 0.1) is 12.7 Å². The molecule has 0 aliphatic carbocycles. The Morgan fingerprint density at radius 2 is 1.87 bits per heavy atom. The van der Waals surface area contributed by atoms with E-state index in [4.69, 9.17) is 4.74 Å². The third kappa shape index (κ3) is 3.43. The summed E-state index contributed by atoms with van der Waals surface area (Å²) in [7, 11) is 0. The van der Waals surface area contributed by atoms with Crippen LogP contribution in [-0.4, -0.2) is 48.2 Å². The average Bonchev–Trinajstić information content (AvgIpc) is 3.23. The lowest BCUT2D eigenvalue weighted by Gasteiger charge is -2.22. The molecular weight excluding hydrogens is 410 g/mol. The molecule has 1 fully saturated rings. The minimum absolute atomic E-state index is 0.299. The Labute approximate surface area is 167 Å². The monoisotopic (exact) mass is 427 g/mol. The van der Waals surface area contributed by atoms with Crippen LogP contribution in [0.25, 0.3) is 11.0 Å². The van der Waals surface area contributed by atoms with Gasteiger partial charge in [0.2, 0.25) is 0 Å². The van der Waals surface area contributed by atoms with Gasteiger partial charge >= 0.3 is 6.18 Å². The Kier molecular flexibility index (Phi) is 5.01. The third-order valence-corrected chi connectivity index (χ3v) is 5.16. The Morgan fingerprint density at radius 3 is 2.57 bits per heavy atom. The van der Waals surface area contributed by atoms with Crippen LogP contribution >= 0.6 is 0 Å². The van der Waals surface area contributed by atoms with Crippen molar-refractivity contribution in [2.24, 2.45) is 0 Å². The molecule has 1 aliphatic rings. The van der Waals surface area contributed by atoms with E-state index in [1.165, 1.54) is 10.9 Å². The van der Waals surface area contributed by atoms with Gasteiger partial charge in [-0.25, -0.2) is 14.4 Å². The summed E-state index contributed by atoms with van der Waals surface area (Å²) in [4.78, 5) is 8.18. The molecule has 2 aromatic heterocycles. The highest BCUT2D eigenvalue weighted by Gasteiger charge is 2.48. The molecule has 0 spiro atoms. The minimum atomic E-state index is -4.82. The van der Waals surface area contributed by atoms with Crippen LogP contribution in [0.1, 0.15) is 29.2 Å². The molecule has 0 bridgehead atoms. The number of hydrogen-bond acceptors (Lipinski definition) is 6. The number of aliphatic hydroxyl groups is 3. The molecule has 1 saturated heterocycles. The van der Waals surface area contributed by atoms with Crippen molar-refractivity contribution in [3.05, 3.63) is 59.4 Å². The number of nitrogens with zero attached hydrogens (tertiary/aromatic N) is 3. The lowest BCUT2D eigenvalue weighted by Crippen LogP contribution is -2.35. The van der Waals surface area contributed by atoms with Gasteiger partial charge in [0.1, 0.15) is 42.2 Å². The smallest absolute Gasteiger partial charge is 0.387 e. The lowest BCUT2D eigenvalue weighted by molar-refractivity contribution is -0.138. The predicted molar refractivity (Wildman–Crippen MR) is 94.6 cm³/mol. The molecule has 3 heterocycles. The molecule has 1 aliphatic heterocycles. The van der Waals surface area contributed by atoms with Crippen molar-refractivity contribution >= 4 is 11.0 Å². The summed E-state index contributed by atoms with van der Waals surface area (Å²) < 4.78 is 59.7. The average molecular weight is 427 g/mol. The van der Waals surface area contributed by atoms with Gasteiger partial charge in [-0.05, 0) is 36.8 Å². The van der Waals surface area contributed by atoms with E-state index in [1.54, 1.807) is 19.2 Å². The van der Waals surface area contributed by atoms with Crippen molar-refractivity contribution in [2.75, 3.05) is 0 Å². The van der Waals surface area contributed by atoms with Gasteiger partial charge in [-0.1, -0.05) is 0 Å². The second-order valence-corrected chi connectivity index (χ2v) is 7.11. The maximum Gasteiger partial charge on any atom is 0.416 e. The maximum atomic E-state index is 13.7. The molecule has 0 radical (unpaired) electrons. The highest BCUT2D eigenvalue weighted by molar-refractivity contribution is 5.78. The Morgan fingerprint density at radius 1 is 1.13 bits per heavy atom. The summed E-state index contributed by atoms with van der Waals surface area (Å²) in [5.74, 6) is -1.20. The number of alkyl halides is 3. The summed E-state index contributed by atoms with van der Waals surface area (Å²) >= 11 is 0. The second-order valence-electron chi connectivity index (χ2n) is 7.11. The van der Waals surface area contributed by atoms with Crippen molar-refractivity contribution in [3.63, 3.8) is 0 Å². The maximum absolute atomic E-state index is 13.7. The first kappa shape index (κ1) is 20.7. The molecule has 7 nitrogen and oxygen atoms in total. The van der Waals surface area contributed by atoms with Crippen LogP contribution in [0.15, 0.2) is 36.8 Å². The van der Waals surface area contributed by atoms with Crippen LogP contribution in [0.5, 0.6) is 0 Å². The Hall–Kier alpha value is -2.60. The van der Waals surface area contributed by atoms with Crippen LogP contribution < -0.4 is 0 Å². The molecule has 0 saturated carbocycles. The van der Waals surface area contributed by atoms with E-state index in [-0.39, 0.29) is 0 Å². The number of rotatable bonds is 3. The molecule has 3 N–H and O–H groups in total. The summed E-state index contributed by atoms with van der Waals surface area (Å²) in [6.45, 7) is 1.75. The molecule has 11 heteroatoms. The van der Waals surface area contributed by atoms with E-state index in [9.17, 15) is 32.9 Å². The number of halogens is 4. The van der Waals surface area contributed by atoms with Crippen LogP contribution in [0.3, 0.4) is 0 Å². The van der Waals surface area contributed by atoms with Gasteiger partial charge in [0.05, 0.1) is 11.3 Å². The number of hydrogen-bond donors (Lipinski definition) is 3. The number of fused-ring (bicyclic) bond motifs is 1. The largest absolute Gasteiger partial charge is 0.416 e. The van der Waals surface area contributed by atoms with Gasteiger partial charge in [0, 0.05) is 11.6 Å². The highest BCUT2D eigenvalue weighted by Crippen LogP contribution is 2.39. The van der Waals surface area contributed by atoms with Crippen LogP contribution in [0.2, 0.25) is 0 Å². The number of benzene rings is 1. The third-order valence-electron chi connectivity index (χ3n) is 5.16. The first-order chi connectivity index (χ1) is 14.1. The van der Waals surface area contributed by atoms with Gasteiger partial charge in [-0.2, -0.15) is 13.2 Å². The first-order valence-corrected chi connectivity index (χ1v) is 8.93. The normalized spacial score (nSPS) is 25.7. The molecule has 1 aromatic carbocycles. The fraction of sp³-hybridized carbons (Fsp3) is 0.368. The highest BCUT2D eigenvalue weighted by atomic mass is 19.4. The van der Waals surface area contributed by atoms with Gasteiger partial charge < -0.3 is 24.6 Å². The van der Waals surface area contributed by atoms with E-state index in [2.05, 4.69) is 9.97 Å². The van der Waals surface area contributed by atoms with Crippen molar-refractivity contribution in [2.45, 2.75) is 43.7 Å². The van der Waals surface area contributed by atoms with Crippen molar-refractivity contribution in [1.29, 1.82) is 0 Å². The topological polar surface area (TPSA) is 101 Å². The van der Waals surface area contributed by atoms with E-state index < -0.39 is 53.8 Å². The first-order valence-electron chi connectivity index (χ1n) is 8.93. The fourth-order valence-electron chi connectivity index (χ4n) is 3.62. The van der Waals surface area contributed by atoms with E-state index in [0.717, 1.165) is 6.07 Å². The van der Waals surface area contributed by atoms with E-state index in [0.29, 0.717) is 28.9 Å². The number of aliphatic hydroxyl groups excluding tert-OH is 3. The van der Waals surface area contributed by atoms with E-state index >= 15 is 0 Å². The molecule has 30 heavy (non-hydrogen) atoms. The summed E-state index contributed by atoms with van der Waals surface area (Å²) in [5.41, 5.74) is -0.652. The molecule has 5 unspecified atom stereocenters. The Balaban J connectivity index is 1.66. The van der Waals surface area contributed by atoms with Gasteiger partial charge in [-0.15, -0.1) is 0 Å². The van der Waals surface area contributed by atoms with Gasteiger partial charge in [0.25, 0.3) is 0 Å². The standard InChI is InChI=1S/C19H17F4N3O4/c1-8-12-2-3-26(17(12)25-7-24-8)18-15(29)14(28)16(30-18)13(27)9-4-10(19(21,22)23)6-11(20)5-9/h2-7,13-16,18,27-29H,1H3. The lowest BCUT2D eigenvalue weighted by atomic mass is 9.97. The van der Waals surface area contributed by atoms with Crippen molar-refractivity contribution in [1.82, 2.24) is 14.5 Å². The zero-order valence-electron chi connectivity index (χ0n) is 15.5. The molecular formula is C19H17F4N3O4. The molecule has 160 valence electrons. The molecule has 4 rings (SSSR count). The Bertz CT molecular complexity index is 1090. The summed E-state index contributed by atoms with van der Waals surface area (Å²) in [6, 6.07) is 3.27. The fourth-order valence-corrected chi connectivity index (χ4v) is 3.62. The second kappa shape index (κ2) is 7.27. The van der Waals surface area contributed by atoms with Crippen LogP contribution in [-0.2, 0) is 10.9 Å². The number of ether oxygens (including phenoxy) is 1. The molecule has 0 amide bonds. The van der Waals surface area contributed by atoms with E-state index in [1.807, 2.05) is 0 Å². The quantitative estimate of drug-likeness (QED) is 0.555. The number of aryl methyl sites for hydroxylation is 1. The van der Waals surface area contributed by atoms with Gasteiger partial charge in [-0.3, -0.25) is 0 Å². The van der Waals surface area contributed by atoms with Crippen molar-refractivity contribution < 1.29 is 37.6 Å². The molecule has 5 atom stereocenters. The van der Waals surface area contributed by atoms with Crippen LogP contribution in [0.4, 0.5) is 17.6 Å². The minimum Gasteiger partial charge on any atom is -0.387 e. The summed E-state index contributed by atoms with van der Waals surface area (Å²) in [5, 5.41) is 32.0. The van der Waals surface area contributed by atoms with Crippen molar-refractivity contribution in [3.8, 4) is 0 Å². The SMILES string of the molecule is Cc1ncnc2c1ccn2C1OC(C(O)c2cc(F)cc(C(F)(F)F)c2)C(O)C1O. The predicted octanol–water partition coefficient (Wildman–Crippen LogP) is 2.25. The number of aromatic nitrogens is 3. The molecule has 3 aromatic rings. The van der Waals surface area contributed by atoms with Gasteiger partial charge in [0.15, 0.2) is 6.23 Å². The zero-order chi connectivity index (χ0) is 21.8. The summed E-state index contributed by atoms with van der Waals surface area (Å²) in [6.07, 6.45) is -9.65. The zero-order valence-corrected chi connectivity index (χ0v) is 15.5.